The Bertz CT molecular complexity index is 1160. The number of likely N-dealkylation sites (tertiary alicyclic amines) is 1. The van der Waals surface area contributed by atoms with Gasteiger partial charge >= 0.3 is 0 Å². The average Bonchev–Trinajstić information content (AvgIpc) is 3.25. The predicted molar refractivity (Wildman–Crippen MR) is 124 cm³/mol. The van der Waals surface area contributed by atoms with Crippen LogP contribution < -0.4 is 0 Å². The smallest absolute Gasteiger partial charge is 0.288 e. The number of amides is 1. The van der Waals surface area contributed by atoms with Crippen molar-refractivity contribution in [3.8, 4) is 11.3 Å². The fourth-order valence-corrected chi connectivity index (χ4v) is 5.16. The highest BCUT2D eigenvalue weighted by atomic mass is 35.5. The molecule has 31 heavy (non-hydrogen) atoms. The zero-order valence-electron chi connectivity index (χ0n) is 16.1. The van der Waals surface area contributed by atoms with Crippen LogP contribution in [-0.2, 0) is 0 Å². The van der Waals surface area contributed by atoms with Crippen LogP contribution in [0.2, 0.25) is 15.1 Å². The molecule has 2 aromatic carbocycles. The fraction of sp³-hybridized carbons (Fsp3) is 0.238. The molecule has 1 amide bonds. The molecule has 0 radical (unpaired) electrons. The maximum atomic E-state index is 12.9. The Kier molecular flexibility index (Phi) is 6.48. The molecule has 0 atom stereocenters. The van der Waals surface area contributed by atoms with Crippen molar-refractivity contribution in [3.63, 3.8) is 0 Å². The zero-order chi connectivity index (χ0) is 22.1. The minimum Gasteiger partial charge on any atom is -0.339 e. The Balaban J connectivity index is 1.44. The zero-order valence-corrected chi connectivity index (χ0v) is 19.1. The summed E-state index contributed by atoms with van der Waals surface area (Å²) in [6, 6.07) is 9.72. The highest BCUT2D eigenvalue weighted by molar-refractivity contribution is 7.10. The van der Waals surface area contributed by atoms with Gasteiger partial charge < -0.3 is 4.90 Å². The lowest BCUT2D eigenvalue weighted by molar-refractivity contribution is -0.384. The van der Waals surface area contributed by atoms with Crippen LogP contribution in [0, 0.1) is 10.1 Å². The number of hydrogen-bond acceptors (Lipinski definition) is 5. The topological polar surface area (TPSA) is 76.3 Å². The van der Waals surface area contributed by atoms with Crippen molar-refractivity contribution in [2.24, 2.45) is 0 Å². The number of halogens is 3. The molecule has 1 saturated heterocycles. The summed E-state index contributed by atoms with van der Waals surface area (Å²) in [6.45, 7) is 1.06. The van der Waals surface area contributed by atoms with Gasteiger partial charge in [0, 0.05) is 36.0 Å². The number of aromatic nitrogens is 1. The van der Waals surface area contributed by atoms with E-state index in [-0.39, 0.29) is 28.1 Å². The van der Waals surface area contributed by atoms with Gasteiger partial charge in [-0.05, 0) is 31.0 Å². The third-order valence-corrected chi connectivity index (χ3v) is 7.42. The summed E-state index contributed by atoms with van der Waals surface area (Å²) in [5.74, 6) is -0.0473. The van der Waals surface area contributed by atoms with Crippen LogP contribution >= 0.6 is 46.1 Å². The van der Waals surface area contributed by atoms with Crippen LogP contribution in [0.3, 0.4) is 0 Å². The quantitative estimate of drug-likeness (QED) is 0.297. The number of nitrogens with zero attached hydrogens (tertiary/aromatic N) is 3. The number of hydrogen-bond donors (Lipinski definition) is 0. The van der Waals surface area contributed by atoms with E-state index in [0.717, 1.165) is 29.1 Å². The first-order valence-electron chi connectivity index (χ1n) is 9.48. The first-order chi connectivity index (χ1) is 14.8. The number of carbonyl (C=O) groups is 1. The van der Waals surface area contributed by atoms with Gasteiger partial charge in [0.2, 0.25) is 0 Å². The third-order valence-electron chi connectivity index (χ3n) is 5.27. The summed E-state index contributed by atoms with van der Waals surface area (Å²) < 4.78 is 0. The van der Waals surface area contributed by atoms with E-state index in [1.165, 1.54) is 18.2 Å². The minimum absolute atomic E-state index is 0.120. The maximum Gasteiger partial charge on any atom is 0.288 e. The lowest BCUT2D eigenvalue weighted by Crippen LogP contribution is -2.38. The van der Waals surface area contributed by atoms with E-state index >= 15 is 0 Å². The molecule has 0 spiro atoms. The van der Waals surface area contributed by atoms with E-state index in [0.29, 0.717) is 23.1 Å². The molecule has 1 aliphatic rings. The van der Waals surface area contributed by atoms with Gasteiger partial charge in [0.15, 0.2) is 0 Å². The van der Waals surface area contributed by atoms with Crippen molar-refractivity contribution in [1.29, 1.82) is 0 Å². The van der Waals surface area contributed by atoms with Gasteiger partial charge in [-0.2, -0.15) is 0 Å². The Labute approximate surface area is 197 Å². The summed E-state index contributed by atoms with van der Waals surface area (Å²) in [7, 11) is 0. The first kappa shape index (κ1) is 22.0. The summed E-state index contributed by atoms with van der Waals surface area (Å²) in [4.78, 5) is 29.8. The van der Waals surface area contributed by atoms with Crippen LogP contribution in [0.15, 0.2) is 41.8 Å². The number of benzene rings is 2. The molecule has 1 aromatic heterocycles. The molecule has 10 heteroatoms. The third kappa shape index (κ3) is 4.55. The second-order valence-electron chi connectivity index (χ2n) is 7.16. The molecule has 4 rings (SSSR count). The summed E-state index contributed by atoms with van der Waals surface area (Å²) >= 11 is 19.8. The second-order valence-corrected chi connectivity index (χ2v) is 9.24. The number of thiazole rings is 1. The number of carbonyl (C=O) groups excluding carboxylic acids is 1. The van der Waals surface area contributed by atoms with Crippen molar-refractivity contribution in [2.45, 2.75) is 18.8 Å². The van der Waals surface area contributed by atoms with Gasteiger partial charge in [0.1, 0.15) is 5.02 Å². The number of piperidine rings is 1. The Morgan fingerprint density at radius 3 is 2.55 bits per heavy atom. The van der Waals surface area contributed by atoms with Gasteiger partial charge in [0.05, 0.1) is 31.2 Å². The molecule has 160 valence electrons. The summed E-state index contributed by atoms with van der Waals surface area (Å²) in [5, 5.41) is 15.0. The molecular formula is C21H16Cl3N3O3S. The molecule has 3 aromatic rings. The van der Waals surface area contributed by atoms with E-state index in [2.05, 4.69) is 0 Å². The predicted octanol–water partition coefficient (Wildman–Crippen LogP) is 6.70. The van der Waals surface area contributed by atoms with E-state index < -0.39 is 4.92 Å². The van der Waals surface area contributed by atoms with E-state index in [4.69, 9.17) is 39.8 Å². The molecule has 1 fully saturated rings. The molecule has 0 unspecified atom stereocenters. The van der Waals surface area contributed by atoms with Crippen molar-refractivity contribution in [2.75, 3.05) is 13.1 Å². The summed E-state index contributed by atoms with van der Waals surface area (Å²) in [6.07, 6.45) is 1.51. The van der Waals surface area contributed by atoms with Crippen LogP contribution in [0.25, 0.3) is 11.3 Å². The van der Waals surface area contributed by atoms with Crippen LogP contribution in [0.1, 0.15) is 34.1 Å². The highest BCUT2D eigenvalue weighted by Crippen LogP contribution is 2.35. The molecule has 6 nitrogen and oxygen atoms in total. The number of nitro groups is 1. The molecule has 1 aliphatic heterocycles. The lowest BCUT2D eigenvalue weighted by atomic mass is 9.97. The second kappa shape index (κ2) is 9.12. The van der Waals surface area contributed by atoms with Crippen molar-refractivity contribution >= 4 is 57.7 Å². The van der Waals surface area contributed by atoms with E-state index in [1.807, 2.05) is 11.4 Å². The van der Waals surface area contributed by atoms with Crippen molar-refractivity contribution in [1.82, 2.24) is 9.88 Å². The average molecular weight is 497 g/mol. The van der Waals surface area contributed by atoms with Gasteiger partial charge in [-0.3, -0.25) is 14.9 Å². The standard InChI is InChI=1S/C21H16Cl3N3O3S/c22-15-5-4-13(10-16(15)23)17-11-31-20(25-17)12-6-8-26(9-7-12)21(28)14-2-1-3-18(19(14)24)27(29)30/h1-5,10-12H,6-9H2. The molecule has 0 N–H and O–H groups in total. The van der Waals surface area contributed by atoms with Crippen LogP contribution in [0.5, 0.6) is 0 Å². The molecule has 2 heterocycles. The minimum atomic E-state index is -0.584. The maximum absolute atomic E-state index is 12.9. The number of rotatable bonds is 4. The summed E-state index contributed by atoms with van der Waals surface area (Å²) in [5.41, 5.74) is 1.65. The number of nitro benzene ring substituents is 1. The van der Waals surface area contributed by atoms with Gasteiger partial charge in [0.25, 0.3) is 11.6 Å². The molecule has 0 saturated carbocycles. The van der Waals surface area contributed by atoms with Crippen LogP contribution in [0.4, 0.5) is 5.69 Å². The monoisotopic (exact) mass is 495 g/mol. The van der Waals surface area contributed by atoms with Crippen molar-refractivity contribution in [3.05, 3.63) is 77.5 Å². The highest BCUT2D eigenvalue weighted by Gasteiger charge is 2.29. The van der Waals surface area contributed by atoms with E-state index in [1.54, 1.807) is 28.4 Å². The largest absolute Gasteiger partial charge is 0.339 e. The SMILES string of the molecule is O=C(c1cccc([N+](=O)[O-])c1Cl)N1CCC(c2nc(-c3ccc(Cl)c(Cl)c3)cs2)CC1. The van der Waals surface area contributed by atoms with Crippen molar-refractivity contribution < 1.29 is 9.72 Å². The van der Waals surface area contributed by atoms with Gasteiger partial charge in [-0.25, -0.2) is 4.98 Å². The van der Waals surface area contributed by atoms with Gasteiger partial charge in [-0.15, -0.1) is 11.3 Å². The molecule has 0 bridgehead atoms. The Hall–Kier alpha value is -2.19. The Morgan fingerprint density at radius 1 is 1.13 bits per heavy atom. The van der Waals surface area contributed by atoms with E-state index in [9.17, 15) is 14.9 Å². The van der Waals surface area contributed by atoms with Gasteiger partial charge in [-0.1, -0.05) is 46.9 Å². The molecular weight excluding hydrogens is 481 g/mol. The Morgan fingerprint density at radius 2 is 1.87 bits per heavy atom. The lowest BCUT2D eigenvalue weighted by Gasteiger charge is -2.31. The molecule has 0 aliphatic carbocycles. The van der Waals surface area contributed by atoms with Crippen LogP contribution in [-0.4, -0.2) is 33.8 Å². The normalized spacial score (nSPS) is 14.6. The fourth-order valence-electron chi connectivity index (χ4n) is 3.59. The first-order valence-corrected chi connectivity index (χ1v) is 11.5.